The Labute approximate surface area is 164 Å². The number of halogens is 1. The van der Waals surface area contributed by atoms with E-state index in [1.165, 1.54) is 12.5 Å². The molecule has 1 fully saturated rings. The van der Waals surface area contributed by atoms with E-state index in [1.807, 2.05) is 17.0 Å². The first-order valence-corrected chi connectivity index (χ1v) is 9.53. The number of piperazine rings is 1. The second-order valence-electron chi connectivity index (χ2n) is 6.77. The molecule has 0 atom stereocenters. The Morgan fingerprint density at radius 1 is 1.04 bits per heavy atom. The van der Waals surface area contributed by atoms with Gasteiger partial charge in [-0.15, -0.1) is 0 Å². The number of carbonyl (C=O) groups excluding carboxylic acids is 2. The first-order chi connectivity index (χ1) is 13.0. The third kappa shape index (κ3) is 5.55. The summed E-state index contributed by atoms with van der Waals surface area (Å²) in [4.78, 5) is 28.2. The van der Waals surface area contributed by atoms with Gasteiger partial charge in [0.05, 0.1) is 0 Å². The van der Waals surface area contributed by atoms with Crippen LogP contribution in [-0.4, -0.2) is 54.3 Å². The largest absolute Gasteiger partial charge is 0.336 e. The van der Waals surface area contributed by atoms with Gasteiger partial charge in [-0.05, 0) is 42.3 Å². The Balaban J connectivity index is 1.50. The zero-order chi connectivity index (χ0) is 19.2. The van der Waals surface area contributed by atoms with Crippen LogP contribution in [0.2, 0.25) is 5.02 Å². The molecule has 142 valence electrons. The molecule has 0 radical (unpaired) electrons. The van der Waals surface area contributed by atoms with Crippen LogP contribution in [0.1, 0.15) is 22.8 Å². The Morgan fingerprint density at radius 2 is 1.74 bits per heavy atom. The van der Waals surface area contributed by atoms with Crippen molar-refractivity contribution < 1.29 is 9.59 Å². The topological polar surface area (TPSA) is 52.7 Å². The summed E-state index contributed by atoms with van der Waals surface area (Å²) in [6, 6.07) is 15.1. The van der Waals surface area contributed by atoms with Gasteiger partial charge in [-0.1, -0.05) is 29.8 Å². The van der Waals surface area contributed by atoms with E-state index in [4.69, 9.17) is 11.6 Å². The summed E-state index contributed by atoms with van der Waals surface area (Å²) in [5.41, 5.74) is 2.53. The number of benzene rings is 2. The SMILES string of the molecule is CC(=O)Nc1cccc(C(=O)N2CCN(CCc3ccc(Cl)cc3)CC2)c1. The highest BCUT2D eigenvalue weighted by atomic mass is 35.5. The molecule has 2 aromatic carbocycles. The van der Waals surface area contributed by atoms with E-state index in [2.05, 4.69) is 22.3 Å². The van der Waals surface area contributed by atoms with Crippen molar-refractivity contribution in [2.24, 2.45) is 0 Å². The summed E-state index contributed by atoms with van der Waals surface area (Å²) >= 11 is 5.92. The third-order valence-corrected chi connectivity index (χ3v) is 4.97. The molecule has 2 aromatic rings. The number of hydrogen-bond donors (Lipinski definition) is 1. The predicted octanol–water partition coefficient (Wildman–Crippen LogP) is 3.30. The molecular weight excluding hydrogens is 362 g/mol. The molecule has 27 heavy (non-hydrogen) atoms. The van der Waals surface area contributed by atoms with Crippen LogP contribution in [0, 0.1) is 0 Å². The number of carbonyl (C=O) groups is 2. The number of nitrogens with zero attached hydrogens (tertiary/aromatic N) is 2. The first kappa shape index (κ1) is 19.4. The van der Waals surface area contributed by atoms with Gasteiger partial charge in [-0.25, -0.2) is 0 Å². The minimum Gasteiger partial charge on any atom is -0.336 e. The lowest BCUT2D eigenvalue weighted by Crippen LogP contribution is -2.49. The highest BCUT2D eigenvalue weighted by Crippen LogP contribution is 2.15. The molecule has 0 bridgehead atoms. The molecular formula is C21H24ClN3O2. The maximum Gasteiger partial charge on any atom is 0.254 e. The number of anilines is 1. The normalized spacial score (nSPS) is 14.8. The molecule has 1 aliphatic heterocycles. The van der Waals surface area contributed by atoms with Crippen LogP contribution in [-0.2, 0) is 11.2 Å². The summed E-state index contributed by atoms with van der Waals surface area (Å²) in [6.07, 6.45) is 0.976. The lowest BCUT2D eigenvalue weighted by molar-refractivity contribution is -0.114. The highest BCUT2D eigenvalue weighted by Gasteiger charge is 2.22. The van der Waals surface area contributed by atoms with E-state index in [9.17, 15) is 9.59 Å². The van der Waals surface area contributed by atoms with Crippen LogP contribution in [0.25, 0.3) is 0 Å². The quantitative estimate of drug-likeness (QED) is 0.859. The van der Waals surface area contributed by atoms with Gasteiger partial charge in [0.2, 0.25) is 5.91 Å². The fraction of sp³-hybridized carbons (Fsp3) is 0.333. The first-order valence-electron chi connectivity index (χ1n) is 9.15. The van der Waals surface area contributed by atoms with E-state index in [-0.39, 0.29) is 11.8 Å². The molecule has 1 saturated heterocycles. The second kappa shape index (κ2) is 9.02. The van der Waals surface area contributed by atoms with Gasteiger partial charge in [0, 0.05) is 55.9 Å². The van der Waals surface area contributed by atoms with Crippen LogP contribution < -0.4 is 5.32 Å². The zero-order valence-electron chi connectivity index (χ0n) is 15.5. The fourth-order valence-corrected chi connectivity index (χ4v) is 3.35. The monoisotopic (exact) mass is 385 g/mol. The summed E-state index contributed by atoms with van der Waals surface area (Å²) in [6.45, 7) is 5.59. The Morgan fingerprint density at radius 3 is 2.41 bits per heavy atom. The molecule has 6 heteroatoms. The van der Waals surface area contributed by atoms with Crippen LogP contribution >= 0.6 is 11.6 Å². The maximum atomic E-state index is 12.7. The number of rotatable bonds is 5. The summed E-state index contributed by atoms with van der Waals surface area (Å²) < 4.78 is 0. The average molecular weight is 386 g/mol. The van der Waals surface area contributed by atoms with Crippen molar-refractivity contribution in [2.45, 2.75) is 13.3 Å². The van der Waals surface area contributed by atoms with Crippen LogP contribution in [0.5, 0.6) is 0 Å². The van der Waals surface area contributed by atoms with Crippen molar-refractivity contribution in [2.75, 3.05) is 38.0 Å². The molecule has 1 aliphatic rings. The Bertz CT molecular complexity index is 799. The fourth-order valence-electron chi connectivity index (χ4n) is 3.23. The molecule has 3 rings (SSSR count). The van der Waals surface area contributed by atoms with Gasteiger partial charge in [0.1, 0.15) is 0 Å². The van der Waals surface area contributed by atoms with Gasteiger partial charge < -0.3 is 10.2 Å². The highest BCUT2D eigenvalue weighted by molar-refractivity contribution is 6.30. The zero-order valence-corrected chi connectivity index (χ0v) is 16.2. The lowest BCUT2D eigenvalue weighted by Gasteiger charge is -2.34. The third-order valence-electron chi connectivity index (χ3n) is 4.72. The van der Waals surface area contributed by atoms with Crippen LogP contribution in [0.15, 0.2) is 48.5 Å². The van der Waals surface area contributed by atoms with Crippen molar-refractivity contribution in [3.63, 3.8) is 0 Å². The number of hydrogen-bond acceptors (Lipinski definition) is 3. The van der Waals surface area contributed by atoms with Crippen molar-refractivity contribution in [1.82, 2.24) is 9.80 Å². The van der Waals surface area contributed by atoms with Crippen LogP contribution in [0.3, 0.4) is 0 Å². The molecule has 0 unspecified atom stereocenters. The summed E-state index contributed by atoms with van der Waals surface area (Å²) in [5.74, 6) is -0.131. The van der Waals surface area contributed by atoms with Gasteiger partial charge >= 0.3 is 0 Å². The van der Waals surface area contributed by atoms with E-state index in [0.29, 0.717) is 24.3 Å². The molecule has 5 nitrogen and oxygen atoms in total. The summed E-state index contributed by atoms with van der Waals surface area (Å²) in [7, 11) is 0. The van der Waals surface area contributed by atoms with Gasteiger partial charge in [0.15, 0.2) is 0 Å². The van der Waals surface area contributed by atoms with Crippen molar-refractivity contribution in [3.8, 4) is 0 Å². The maximum absolute atomic E-state index is 12.7. The van der Waals surface area contributed by atoms with Gasteiger partial charge in [-0.3, -0.25) is 14.5 Å². The van der Waals surface area contributed by atoms with E-state index < -0.39 is 0 Å². The van der Waals surface area contributed by atoms with Gasteiger partial charge in [0.25, 0.3) is 5.91 Å². The lowest BCUT2D eigenvalue weighted by atomic mass is 10.1. The molecule has 0 aliphatic carbocycles. The summed E-state index contributed by atoms with van der Waals surface area (Å²) in [5, 5.41) is 3.48. The van der Waals surface area contributed by atoms with Crippen LogP contribution in [0.4, 0.5) is 5.69 Å². The van der Waals surface area contributed by atoms with E-state index in [1.54, 1.807) is 24.3 Å². The molecule has 2 amide bonds. The molecule has 0 saturated carbocycles. The van der Waals surface area contributed by atoms with E-state index in [0.717, 1.165) is 31.1 Å². The Hall–Kier alpha value is -2.37. The van der Waals surface area contributed by atoms with Crippen molar-refractivity contribution in [1.29, 1.82) is 0 Å². The van der Waals surface area contributed by atoms with Crippen molar-refractivity contribution in [3.05, 3.63) is 64.7 Å². The standard InChI is InChI=1S/C21H24ClN3O2/c1-16(26)23-20-4-2-3-18(15-20)21(27)25-13-11-24(12-14-25)10-9-17-5-7-19(22)8-6-17/h2-8,15H,9-14H2,1H3,(H,23,26). The predicted molar refractivity (Wildman–Crippen MR) is 108 cm³/mol. The average Bonchev–Trinajstić information content (AvgIpc) is 2.67. The molecule has 0 spiro atoms. The van der Waals surface area contributed by atoms with E-state index >= 15 is 0 Å². The number of nitrogens with one attached hydrogen (secondary N) is 1. The molecule has 0 aromatic heterocycles. The smallest absolute Gasteiger partial charge is 0.254 e. The minimum atomic E-state index is -0.145. The second-order valence-corrected chi connectivity index (χ2v) is 7.21. The minimum absolute atomic E-state index is 0.0135. The van der Waals surface area contributed by atoms with Gasteiger partial charge in [-0.2, -0.15) is 0 Å². The number of amides is 2. The Kier molecular flexibility index (Phi) is 6.48. The molecule has 1 N–H and O–H groups in total. The molecule has 1 heterocycles. The van der Waals surface area contributed by atoms with Crippen molar-refractivity contribution >= 4 is 29.1 Å².